The number of hydrogen-bond acceptors (Lipinski definition) is 2. The van der Waals surface area contributed by atoms with Crippen LogP contribution >= 0.6 is 0 Å². The summed E-state index contributed by atoms with van der Waals surface area (Å²) in [5.74, 6) is 0. The van der Waals surface area contributed by atoms with Gasteiger partial charge in [0.2, 0.25) is 0 Å². The molecule has 1 aromatic rings. The Kier molecular flexibility index (Phi) is 2.05. The first-order chi connectivity index (χ1) is 7.98. The van der Waals surface area contributed by atoms with Crippen molar-refractivity contribution < 1.29 is 0 Å². The third-order valence-corrected chi connectivity index (χ3v) is 5.22. The molecular formula is C15H22N2. The lowest BCUT2D eigenvalue weighted by Gasteiger charge is -2.52. The fourth-order valence-corrected chi connectivity index (χ4v) is 3.72. The summed E-state index contributed by atoms with van der Waals surface area (Å²) < 4.78 is 0. The van der Waals surface area contributed by atoms with Gasteiger partial charge >= 0.3 is 0 Å². The number of nitrogens with two attached hydrogens (primary N) is 1. The summed E-state index contributed by atoms with van der Waals surface area (Å²) >= 11 is 0. The van der Waals surface area contributed by atoms with Gasteiger partial charge in [-0.25, -0.2) is 0 Å². The molecule has 92 valence electrons. The van der Waals surface area contributed by atoms with Gasteiger partial charge in [-0.3, -0.25) is 0 Å². The second-order valence-corrected chi connectivity index (χ2v) is 6.36. The summed E-state index contributed by atoms with van der Waals surface area (Å²) in [6.07, 6.45) is 5.27. The number of hydrogen-bond donors (Lipinski definition) is 2. The monoisotopic (exact) mass is 230 g/mol. The van der Waals surface area contributed by atoms with Crippen molar-refractivity contribution in [3.8, 4) is 0 Å². The number of anilines is 2. The molecular weight excluding hydrogens is 208 g/mol. The Labute approximate surface area is 104 Å². The van der Waals surface area contributed by atoms with Gasteiger partial charge in [-0.15, -0.1) is 0 Å². The molecule has 0 atom stereocenters. The molecule has 0 unspecified atom stereocenters. The van der Waals surface area contributed by atoms with Gasteiger partial charge < -0.3 is 11.1 Å². The molecule has 3 aliphatic rings. The zero-order chi connectivity index (χ0) is 12.3. The minimum absolute atomic E-state index is 0.369. The largest absolute Gasteiger partial charge is 0.397 e. The van der Waals surface area contributed by atoms with Crippen LogP contribution in [0.5, 0.6) is 0 Å². The van der Waals surface area contributed by atoms with Crippen LogP contribution < -0.4 is 11.1 Å². The van der Waals surface area contributed by atoms with E-state index in [2.05, 4.69) is 31.3 Å². The standard InChI is InChI=1S/C15H22N2/c1-14-4-6-15(2,7-5-14)11-9-13(17-3)12(16)8-10(11)14/h8-9,17H,4-7,16H2,1-3H3. The van der Waals surface area contributed by atoms with E-state index in [1.807, 2.05) is 7.05 Å². The van der Waals surface area contributed by atoms with Crippen LogP contribution in [0.25, 0.3) is 0 Å². The number of nitrogens with one attached hydrogen (secondary N) is 1. The molecule has 0 heterocycles. The zero-order valence-corrected chi connectivity index (χ0v) is 11.1. The highest BCUT2D eigenvalue weighted by molar-refractivity contribution is 5.71. The quantitative estimate of drug-likeness (QED) is 0.725. The van der Waals surface area contributed by atoms with E-state index >= 15 is 0 Å². The molecule has 0 radical (unpaired) electrons. The fraction of sp³-hybridized carbons (Fsp3) is 0.600. The summed E-state index contributed by atoms with van der Waals surface area (Å²) in [6, 6.07) is 4.51. The smallest absolute Gasteiger partial charge is 0.0574 e. The molecule has 17 heavy (non-hydrogen) atoms. The fourth-order valence-electron chi connectivity index (χ4n) is 3.72. The van der Waals surface area contributed by atoms with E-state index in [0.717, 1.165) is 11.4 Å². The van der Waals surface area contributed by atoms with E-state index in [4.69, 9.17) is 5.73 Å². The van der Waals surface area contributed by atoms with Gasteiger partial charge in [-0.05, 0) is 59.8 Å². The summed E-state index contributed by atoms with van der Waals surface area (Å²) in [6.45, 7) is 4.82. The van der Waals surface area contributed by atoms with Crippen LogP contribution in [0.3, 0.4) is 0 Å². The molecule has 2 bridgehead atoms. The third kappa shape index (κ3) is 1.33. The lowest BCUT2D eigenvalue weighted by atomic mass is 9.52. The van der Waals surface area contributed by atoms with Gasteiger partial charge in [0.25, 0.3) is 0 Å². The normalized spacial score (nSPS) is 34.5. The lowest BCUT2D eigenvalue weighted by molar-refractivity contribution is 0.188. The van der Waals surface area contributed by atoms with Crippen LogP contribution in [-0.2, 0) is 10.8 Å². The van der Waals surface area contributed by atoms with Crippen LogP contribution in [0.1, 0.15) is 50.7 Å². The first kappa shape index (κ1) is 10.9. The van der Waals surface area contributed by atoms with Crippen LogP contribution in [-0.4, -0.2) is 7.05 Å². The Morgan fingerprint density at radius 3 is 1.94 bits per heavy atom. The maximum absolute atomic E-state index is 6.13. The first-order valence-electron chi connectivity index (χ1n) is 6.61. The Bertz CT molecular complexity index is 468. The van der Waals surface area contributed by atoms with Crippen LogP contribution in [0.4, 0.5) is 11.4 Å². The minimum atomic E-state index is 0.369. The van der Waals surface area contributed by atoms with Gasteiger partial charge in [0.1, 0.15) is 0 Å². The summed E-state index contributed by atoms with van der Waals surface area (Å²) in [4.78, 5) is 0. The van der Waals surface area contributed by atoms with Gasteiger partial charge in [-0.1, -0.05) is 13.8 Å². The Morgan fingerprint density at radius 2 is 1.47 bits per heavy atom. The highest BCUT2D eigenvalue weighted by Gasteiger charge is 2.47. The van der Waals surface area contributed by atoms with Crippen molar-refractivity contribution in [1.29, 1.82) is 0 Å². The second kappa shape index (κ2) is 3.18. The molecule has 0 spiro atoms. The van der Waals surface area contributed by atoms with E-state index < -0.39 is 0 Å². The molecule has 3 aliphatic carbocycles. The maximum atomic E-state index is 6.13. The van der Waals surface area contributed by atoms with Crippen LogP contribution in [0.2, 0.25) is 0 Å². The Morgan fingerprint density at radius 1 is 1.00 bits per heavy atom. The highest BCUT2D eigenvalue weighted by Crippen LogP contribution is 2.57. The molecule has 1 aromatic carbocycles. The molecule has 3 N–H and O–H groups in total. The van der Waals surface area contributed by atoms with Crippen molar-refractivity contribution in [3.63, 3.8) is 0 Å². The van der Waals surface area contributed by atoms with Crippen molar-refractivity contribution in [2.24, 2.45) is 0 Å². The van der Waals surface area contributed by atoms with Crippen LogP contribution in [0.15, 0.2) is 12.1 Å². The molecule has 0 aliphatic heterocycles. The first-order valence-corrected chi connectivity index (χ1v) is 6.61. The van der Waals surface area contributed by atoms with Crippen molar-refractivity contribution in [2.75, 3.05) is 18.1 Å². The van der Waals surface area contributed by atoms with E-state index in [-0.39, 0.29) is 0 Å². The van der Waals surface area contributed by atoms with Gasteiger partial charge in [0.05, 0.1) is 11.4 Å². The minimum Gasteiger partial charge on any atom is -0.397 e. The summed E-state index contributed by atoms with van der Waals surface area (Å²) in [5.41, 5.74) is 11.9. The summed E-state index contributed by atoms with van der Waals surface area (Å²) in [7, 11) is 1.95. The Hall–Kier alpha value is -1.18. The number of rotatable bonds is 1. The van der Waals surface area contributed by atoms with Crippen LogP contribution in [0, 0.1) is 0 Å². The topological polar surface area (TPSA) is 38.0 Å². The highest BCUT2D eigenvalue weighted by atomic mass is 14.8. The van der Waals surface area contributed by atoms with Crippen molar-refractivity contribution >= 4 is 11.4 Å². The number of fused-ring (bicyclic) bond motifs is 2. The number of benzene rings is 1. The SMILES string of the molecule is CNc1cc2c(cc1N)C1(C)CCC2(C)CC1. The molecule has 1 fully saturated rings. The summed E-state index contributed by atoms with van der Waals surface area (Å²) in [5, 5.41) is 3.21. The third-order valence-electron chi connectivity index (χ3n) is 5.22. The predicted octanol–water partition coefficient (Wildman–Crippen LogP) is 3.41. The molecule has 2 heteroatoms. The predicted molar refractivity (Wildman–Crippen MR) is 73.6 cm³/mol. The molecule has 0 amide bonds. The van der Waals surface area contributed by atoms with Crippen molar-refractivity contribution in [2.45, 2.75) is 50.4 Å². The van der Waals surface area contributed by atoms with E-state index in [1.165, 1.54) is 36.8 Å². The molecule has 2 nitrogen and oxygen atoms in total. The van der Waals surface area contributed by atoms with Gasteiger partial charge in [-0.2, -0.15) is 0 Å². The average molecular weight is 230 g/mol. The Balaban J connectivity index is 2.26. The van der Waals surface area contributed by atoms with E-state index in [1.54, 1.807) is 0 Å². The van der Waals surface area contributed by atoms with E-state index in [0.29, 0.717) is 10.8 Å². The molecule has 0 aromatic heterocycles. The molecule has 0 saturated heterocycles. The number of nitrogen functional groups attached to an aromatic ring is 1. The lowest BCUT2D eigenvalue weighted by Crippen LogP contribution is -2.44. The second-order valence-electron chi connectivity index (χ2n) is 6.36. The van der Waals surface area contributed by atoms with Gasteiger partial charge in [0.15, 0.2) is 0 Å². The zero-order valence-electron chi connectivity index (χ0n) is 11.1. The van der Waals surface area contributed by atoms with Crippen molar-refractivity contribution in [1.82, 2.24) is 0 Å². The van der Waals surface area contributed by atoms with E-state index in [9.17, 15) is 0 Å². The van der Waals surface area contributed by atoms with Crippen molar-refractivity contribution in [3.05, 3.63) is 23.3 Å². The molecule has 4 rings (SSSR count). The maximum Gasteiger partial charge on any atom is 0.0574 e. The van der Waals surface area contributed by atoms with Gasteiger partial charge in [0, 0.05) is 7.05 Å². The average Bonchev–Trinajstić information content (AvgIpc) is 2.32. The molecule has 1 saturated carbocycles.